The van der Waals surface area contributed by atoms with Crippen molar-refractivity contribution in [2.75, 3.05) is 19.4 Å². The zero-order chi connectivity index (χ0) is 22.0. The summed E-state index contributed by atoms with van der Waals surface area (Å²) in [4.78, 5) is 21.8. The fraction of sp³-hybridized carbons (Fsp3) is 0.480. The van der Waals surface area contributed by atoms with Gasteiger partial charge in [0.15, 0.2) is 11.5 Å². The minimum atomic E-state index is -0.333. The van der Waals surface area contributed by atoms with Gasteiger partial charge in [0, 0.05) is 23.5 Å². The molecule has 4 rings (SSSR count). The number of imidazole rings is 1. The van der Waals surface area contributed by atoms with Gasteiger partial charge in [-0.1, -0.05) is 25.0 Å². The fourth-order valence-corrected chi connectivity index (χ4v) is 4.94. The second kappa shape index (κ2) is 8.68. The SMILES string of the molecule is CC(c1ccc(NC(=O)c2nc(C#N)c[nH]2)c(C2=CCC3(CCCC3)CC2)c1)N(C)C. The molecule has 1 fully saturated rings. The number of nitrogens with zero attached hydrogens (tertiary/aromatic N) is 3. The first-order valence-electron chi connectivity index (χ1n) is 11.2. The van der Waals surface area contributed by atoms with E-state index in [0.717, 1.165) is 24.1 Å². The molecule has 6 nitrogen and oxygen atoms in total. The molecule has 31 heavy (non-hydrogen) atoms. The summed E-state index contributed by atoms with van der Waals surface area (Å²) >= 11 is 0. The first kappa shape index (κ1) is 21.3. The van der Waals surface area contributed by atoms with Gasteiger partial charge in [-0.05, 0) is 81.8 Å². The largest absolute Gasteiger partial charge is 0.339 e. The number of benzene rings is 1. The van der Waals surface area contributed by atoms with Gasteiger partial charge in [0.1, 0.15) is 6.07 Å². The predicted molar refractivity (Wildman–Crippen MR) is 123 cm³/mol. The van der Waals surface area contributed by atoms with Gasteiger partial charge in [0.2, 0.25) is 0 Å². The van der Waals surface area contributed by atoms with Crippen LogP contribution >= 0.6 is 0 Å². The Bertz CT molecular complexity index is 1040. The number of rotatable bonds is 5. The van der Waals surface area contributed by atoms with Crippen molar-refractivity contribution >= 4 is 17.2 Å². The van der Waals surface area contributed by atoms with Gasteiger partial charge < -0.3 is 15.2 Å². The Labute approximate surface area is 184 Å². The molecule has 0 saturated heterocycles. The van der Waals surface area contributed by atoms with E-state index in [-0.39, 0.29) is 23.5 Å². The van der Waals surface area contributed by atoms with Crippen molar-refractivity contribution in [1.29, 1.82) is 5.26 Å². The third kappa shape index (κ3) is 4.42. The minimum absolute atomic E-state index is 0.149. The summed E-state index contributed by atoms with van der Waals surface area (Å²) in [6.45, 7) is 2.19. The number of anilines is 1. The van der Waals surface area contributed by atoms with Crippen molar-refractivity contribution in [2.45, 2.75) is 57.9 Å². The average Bonchev–Trinajstić information content (AvgIpc) is 3.44. The molecule has 0 aliphatic heterocycles. The van der Waals surface area contributed by atoms with E-state index in [4.69, 9.17) is 5.26 Å². The van der Waals surface area contributed by atoms with E-state index in [1.54, 1.807) is 0 Å². The summed E-state index contributed by atoms with van der Waals surface area (Å²) in [5, 5.41) is 12.0. The summed E-state index contributed by atoms with van der Waals surface area (Å²) < 4.78 is 0. The lowest BCUT2D eigenvalue weighted by molar-refractivity contribution is 0.101. The highest BCUT2D eigenvalue weighted by Gasteiger charge is 2.35. The van der Waals surface area contributed by atoms with Crippen LogP contribution in [0.3, 0.4) is 0 Å². The van der Waals surface area contributed by atoms with E-state index in [1.807, 2.05) is 12.1 Å². The van der Waals surface area contributed by atoms with Gasteiger partial charge in [-0.2, -0.15) is 5.26 Å². The molecule has 1 aromatic heterocycles. The molecule has 1 atom stereocenters. The van der Waals surface area contributed by atoms with E-state index in [9.17, 15) is 4.79 Å². The number of amides is 1. The molecule has 1 aromatic carbocycles. The molecule has 0 radical (unpaired) electrons. The second-order valence-electron chi connectivity index (χ2n) is 9.29. The summed E-state index contributed by atoms with van der Waals surface area (Å²) in [6, 6.07) is 8.52. The summed E-state index contributed by atoms with van der Waals surface area (Å²) in [6.07, 6.45) is 12.7. The number of H-pyrrole nitrogens is 1. The molecule has 1 saturated carbocycles. The highest BCUT2D eigenvalue weighted by atomic mass is 16.2. The predicted octanol–water partition coefficient (Wildman–Crippen LogP) is 5.28. The lowest BCUT2D eigenvalue weighted by atomic mass is 9.72. The van der Waals surface area contributed by atoms with Gasteiger partial charge >= 0.3 is 0 Å². The number of aromatic nitrogens is 2. The van der Waals surface area contributed by atoms with Gasteiger partial charge in [0.05, 0.1) is 0 Å². The molecule has 2 aliphatic rings. The van der Waals surface area contributed by atoms with Crippen molar-refractivity contribution in [3.05, 3.63) is 53.1 Å². The normalized spacial score (nSPS) is 18.6. The van der Waals surface area contributed by atoms with Crippen molar-refractivity contribution < 1.29 is 4.79 Å². The Balaban J connectivity index is 1.65. The van der Waals surface area contributed by atoms with E-state index in [2.05, 4.69) is 59.4 Å². The molecular weight excluding hydrogens is 386 g/mol. The van der Waals surface area contributed by atoms with Crippen LogP contribution in [0.15, 0.2) is 30.5 Å². The Morgan fingerprint density at radius 2 is 2.06 bits per heavy atom. The molecule has 1 heterocycles. The molecule has 6 heteroatoms. The lowest BCUT2D eigenvalue weighted by Crippen LogP contribution is -2.20. The molecule has 0 bridgehead atoms. The maximum atomic E-state index is 12.8. The highest BCUT2D eigenvalue weighted by molar-refractivity contribution is 6.03. The standard InChI is InChI=1S/C25H31N5O/c1-17(30(2)3)19-6-7-22(29-24(31)23-27-16-20(15-26)28-23)21(14-19)18-8-12-25(13-9-18)10-4-5-11-25/h6-8,14,16-17H,4-5,9-13H2,1-3H3,(H,27,28)(H,29,31). The Hall–Kier alpha value is -2.91. The van der Waals surface area contributed by atoms with Crippen LogP contribution in [0, 0.1) is 16.7 Å². The Kier molecular flexibility index (Phi) is 5.97. The van der Waals surface area contributed by atoms with Crippen molar-refractivity contribution in [1.82, 2.24) is 14.9 Å². The zero-order valence-corrected chi connectivity index (χ0v) is 18.7. The van der Waals surface area contributed by atoms with Crippen LogP contribution < -0.4 is 5.32 Å². The van der Waals surface area contributed by atoms with Crippen LogP contribution in [0.5, 0.6) is 0 Å². The number of allylic oxidation sites excluding steroid dienone is 2. The van der Waals surface area contributed by atoms with Gasteiger partial charge in [-0.25, -0.2) is 4.98 Å². The van der Waals surface area contributed by atoms with Crippen LogP contribution in [0.4, 0.5) is 5.69 Å². The fourth-order valence-electron chi connectivity index (χ4n) is 4.94. The maximum absolute atomic E-state index is 12.8. The van der Waals surface area contributed by atoms with E-state index >= 15 is 0 Å². The molecule has 2 N–H and O–H groups in total. The number of hydrogen-bond donors (Lipinski definition) is 2. The van der Waals surface area contributed by atoms with E-state index in [0.29, 0.717) is 5.41 Å². The second-order valence-corrected chi connectivity index (χ2v) is 9.29. The Morgan fingerprint density at radius 3 is 2.68 bits per heavy atom. The third-order valence-corrected chi connectivity index (χ3v) is 7.17. The molecule has 1 amide bonds. The van der Waals surface area contributed by atoms with Crippen LogP contribution in [0.2, 0.25) is 0 Å². The molecule has 1 unspecified atom stereocenters. The van der Waals surface area contributed by atoms with Crippen molar-refractivity contribution in [3.8, 4) is 6.07 Å². The third-order valence-electron chi connectivity index (χ3n) is 7.17. The van der Waals surface area contributed by atoms with Crippen molar-refractivity contribution in [2.24, 2.45) is 5.41 Å². The highest BCUT2D eigenvalue weighted by Crippen LogP contribution is 2.50. The number of nitriles is 1. The average molecular weight is 418 g/mol. The monoisotopic (exact) mass is 417 g/mol. The van der Waals surface area contributed by atoms with Crippen LogP contribution in [-0.2, 0) is 0 Å². The number of carbonyl (C=O) groups is 1. The van der Waals surface area contributed by atoms with E-state index < -0.39 is 0 Å². The topological polar surface area (TPSA) is 84.8 Å². The summed E-state index contributed by atoms with van der Waals surface area (Å²) in [5.41, 5.74) is 5.14. The van der Waals surface area contributed by atoms with E-state index in [1.165, 1.54) is 49.4 Å². The molecular formula is C25H31N5O. The smallest absolute Gasteiger partial charge is 0.291 e. The number of aromatic amines is 1. The molecule has 162 valence electrons. The lowest BCUT2D eigenvalue weighted by Gasteiger charge is -2.33. The quantitative estimate of drug-likeness (QED) is 0.693. The van der Waals surface area contributed by atoms with Crippen LogP contribution in [0.25, 0.3) is 5.57 Å². The molecule has 2 aliphatic carbocycles. The number of carbonyl (C=O) groups excluding carboxylic acids is 1. The Morgan fingerprint density at radius 1 is 1.29 bits per heavy atom. The first-order chi connectivity index (χ1) is 14.9. The van der Waals surface area contributed by atoms with Crippen molar-refractivity contribution in [3.63, 3.8) is 0 Å². The van der Waals surface area contributed by atoms with Gasteiger partial charge in [-0.3, -0.25) is 4.79 Å². The maximum Gasteiger partial charge on any atom is 0.291 e. The summed E-state index contributed by atoms with van der Waals surface area (Å²) in [7, 11) is 4.15. The number of hydrogen-bond acceptors (Lipinski definition) is 4. The van der Waals surface area contributed by atoms with Gasteiger partial charge in [-0.15, -0.1) is 0 Å². The minimum Gasteiger partial charge on any atom is -0.339 e. The molecule has 2 aromatic rings. The van der Waals surface area contributed by atoms with Crippen LogP contribution in [0.1, 0.15) is 85.4 Å². The zero-order valence-electron chi connectivity index (χ0n) is 18.7. The molecule has 1 spiro atoms. The number of nitrogens with one attached hydrogen (secondary N) is 2. The first-order valence-corrected chi connectivity index (χ1v) is 11.2. The van der Waals surface area contributed by atoms with Gasteiger partial charge in [0.25, 0.3) is 5.91 Å². The summed E-state index contributed by atoms with van der Waals surface area (Å²) in [5.74, 6) is -0.185. The van der Waals surface area contributed by atoms with Crippen LogP contribution in [-0.4, -0.2) is 34.9 Å².